The molecule has 1 N–H and O–H groups in total. The maximum absolute atomic E-state index is 13.8. The maximum Gasteiger partial charge on any atom is 0.170 e. The molecule has 2 saturated heterocycles. The quantitative estimate of drug-likeness (QED) is 0.558. The molecular formula is C23H22ClFN4OS. The summed E-state index contributed by atoms with van der Waals surface area (Å²) >= 11 is 11.8. The molecule has 2 aliphatic heterocycles. The van der Waals surface area contributed by atoms with Crippen molar-refractivity contribution in [1.29, 1.82) is 0 Å². The summed E-state index contributed by atoms with van der Waals surface area (Å²) in [5.74, 6) is -0.436. The van der Waals surface area contributed by atoms with Crippen LogP contribution >= 0.6 is 23.8 Å². The van der Waals surface area contributed by atoms with Gasteiger partial charge in [0.05, 0.1) is 28.9 Å². The van der Waals surface area contributed by atoms with E-state index in [4.69, 9.17) is 28.6 Å². The molecule has 3 aromatic rings. The topological polar surface area (TPSA) is 42.3 Å². The van der Waals surface area contributed by atoms with Gasteiger partial charge in [-0.15, -0.1) is 0 Å². The van der Waals surface area contributed by atoms with E-state index < -0.39 is 5.82 Å². The summed E-state index contributed by atoms with van der Waals surface area (Å²) in [6, 6.07) is 14.5. The van der Waals surface area contributed by atoms with Crippen LogP contribution in [0.15, 0.2) is 60.9 Å². The zero-order valence-corrected chi connectivity index (χ0v) is 18.3. The van der Waals surface area contributed by atoms with Gasteiger partial charge >= 0.3 is 0 Å². The molecule has 0 aliphatic carbocycles. The molecule has 1 aromatic carbocycles. The van der Waals surface area contributed by atoms with Crippen LogP contribution in [0.3, 0.4) is 0 Å². The second-order valence-corrected chi connectivity index (χ2v) is 8.61. The van der Waals surface area contributed by atoms with Crippen LogP contribution in [-0.2, 0) is 4.74 Å². The molecule has 160 valence electrons. The van der Waals surface area contributed by atoms with Gasteiger partial charge < -0.3 is 19.5 Å². The van der Waals surface area contributed by atoms with E-state index in [-0.39, 0.29) is 23.2 Å². The number of halogens is 2. The van der Waals surface area contributed by atoms with E-state index in [0.717, 1.165) is 36.5 Å². The molecule has 5 rings (SSSR count). The summed E-state index contributed by atoms with van der Waals surface area (Å²) in [6.45, 7) is 1.49. The second-order valence-electron chi connectivity index (χ2n) is 7.82. The van der Waals surface area contributed by atoms with Crippen molar-refractivity contribution in [1.82, 2.24) is 19.8 Å². The lowest BCUT2D eigenvalue weighted by Gasteiger charge is -2.30. The van der Waals surface area contributed by atoms with Crippen molar-refractivity contribution in [2.75, 3.05) is 13.2 Å². The van der Waals surface area contributed by atoms with Crippen LogP contribution in [0.1, 0.15) is 36.3 Å². The summed E-state index contributed by atoms with van der Waals surface area (Å²) in [6.07, 6.45) is 5.98. The molecule has 0 amide bonds. The molecule has 2 fully saturated rings. The average Bonchev–Trinajstić information content (AvgIpc) is 3.52. The Balaban J connectivity index is 1.57. The van der Waals surface area contributed by atoms with E-state index in [1.54, 1.807) is 18.3 Å². The normalized spacial score (nSPS) is 23.4. The lowest BCUT2D eigenvalue weighted by atomic mass is 10.0. The highest BCUT2D eigenvalue weighted by molar-refractivity contribution is 7.80. The first-order chi connectivity index (χ1) is 15.1. The SMILES string of the molecule is Fc1ccc(-n2cccc2[C@H]2[C@@H](c3ccccn3)NC(=S)N2C[C@@H]2CCCO2)cc1Cl. The predicted molar refractivity (Wildman–Crippen MR) is 122 cm³/mol. The van der Waals surface area contributed by atoms with E-state index >= 15 is 0 Å². The molecule has 0 unspecified atom stereocenters. The Kier molecular flexibility index (Phi) is 5.65. The fourth-order valence-corrected chi connectivity index (χ4v) is 4.93. The van der Waals surface area contributed by atoms with Gasteiger partial charge in [-0.05, 0) is 67.5 Å². The highest BCUT2D eigenvalue weighted by atomic mass is 35.5. The van der Waals surface area contributed by atoms with Crippen molar-refractivity contribution >= 4 is 28.9 Å². The summed E-state index contributed by atoms with van der Waals surface area (Å²) in [5, 5.41) is 4.25. The Hall–Kier alpha value is -2.48. The first-order valence-corrected chi connectivity index (χ1v) is 11.1. The summed E-state index contributed by atoms with van der Waals surface area (Å²) in [7, 11) is 0. The van der Waals surface area contributed by atoms with Crippen molar-refractivity contribution in [3.05, 3.63) is 83.2 Å². The van der Waals surface area contributed by atoms with Gasteiger partial charge in [0.2, 0.25) is 0 Å². The third kappa shape index (κ3) is 3.93. The van der Waals surface area contributed by atoms with E-state index in [0.29, 0.717) is 11.7 Å². The number of ether oxygens (including phenoxy) is 1. The van der Waals surface area contributed by atoms with Crippen LogP contribution in [-0.4, -0.2) is 38.8 Å². The standard InChI is InChI=1S/C23H22ClFN4OS/c24-17-13-15(8-9-18(17)25)28-11-3-7-20(28)22-21(19-6-1-2-10-26-19)27-23(31)29(22)14-16-5-4-12-30-16/h1-3,6-11,13,16,21-22H,4-5,12,14H2,(H,27,31)/t16-,21+,22-/m0/s1. The van der Waals surface area contributed by atoms with E-state index in [1.165, 1.54) is 6.07 Å². The van der Waals surface area contributed by atoms with E-state index in [9.17, 15) is 4.39 Å². The predicted octanol–water partition coefficient (Wildman–Crippen LogP) is 4.82. The number of rotatable bonds is 5. The number of pyridine rings is 1. The zero-order chi connectivity index (χ0) is 21.4. The average molecular weight is 457 g/mol. The number of benzene rings is 1. The smallest absolute Gasteiger partial charge is 0.170 e. The third-order valence-electron chi connectivity index (χ3n) is 5.89. The first kappa shape index (κ1) is 20.4. The number of hydrogen-bond donors (Lipinski definition) is 1. The Labute approximate surface area is 190 Å². The maximum atomic E-state index is 13.8. The van der Waals surface area contributed by atoms with Gasteiger partial charge in [0, 0.05) is 36.9 Å². The molecule has 3 atom stereocenters. The Morgan fingerprint density at radius 2 is 2.13 bits per heavy atom. The van der Waals surface area contributed by atoms with Crippen molar-refractivity contribution in [3.63, 3.8) is 0 Å². The molecule has 0 spiro atoms. The molecule has 8 heteroatoms. The van der Waals surface area contributed by atoms with Crippen LogP contribution in [0.5, 0.6) is 0 Å². The molecule has 2 aliphatic rings. The van der Waals surface area contributed by atoms with Gasteiger partial charge in [-0.25, -0.2) is 4.39 Å². The number of nitrogens with one attached hydrogen (secondary N) is 1. The van der Waals surface area contributed by atoms with E-state index in [1.807, 2.05) is 35.0 Å². The number of thiocarbonyl (C=S) groups is 1. The van der Waals surface area contributed by atoms with Crippen LogP contribution in [0.25, 0.3) is 5.69 Å². The minimum atomic E-state index is -0.436. The van der Waals surface area contributed by atoms with Gasteiger partial charge in [-0.2, -0.15) is 0 Å². The van der Waals surface area contributed by atoms with Crippen molar-refractivity contribution in [2.45, 2.75) is 31.0 Å². The van der Waals surface area contributed by atoms with Crippen molar-refractivity contribution in [2.24, 2.45) is 0 Å². The Morgan fingerprint density at radius 3 is 2.87 bits per heavy atom. The lowest BCUT2D eigenvalue weighted by Crippen LogP contribution is -2.36. The third-order valence-corrected chi connectivity index (χ3v) is 6.53. The van der Waals surface area contributed by atoms with Crippen LogP contribution < -0.4 is 5.32 Å². The second kappa shape index (κ2) is 8.57. The largest absolute Gasteiger partial charge is 0.376 e. The molecule has 0 radical (unpaired) electrons. The molecule has 0 bridgehead atoms. The Morgan fingerprint density at radius 1 is 1.23 bits per heavy atom. The minimum Gasteiger partial charge on any atom is -0.376 e. The highest BCUT2D eigenvalue weighted by Gasteiger charge is 2.42. The summed E-state index contributed by atoms with van der Waals surface area (Å²) in [5.41, 5.74) is 2.72. The highest BCUT2D eigenvalue weighted by Crippen LogP contribution is 2.40. The first-order valence-electron chi connectivity index (χ1n) is 10.3. The van der Waals surface area contributed by atoms with Gasteiger partial charge in [-0.3, -0.25) is 4.98 Å². The molecular weight excluding hydrogens is 435 g/mol. The van der Waals surface area contributed by atoms with Crippen LogP contribution in [0, 0.1) is 5.82 Å². The molecule has 4 heterocycles. The summed E-state index contributed by atoms with van der Waals surface area (Å²) < 4.78 is 21.7. The molecule has 5 nitrogen and oxygen atoms in total. The summed E-state index contributed by atoms with van der Waals surface area (Å²) in [4.78, 5) is 6.79. The van der Waals surface area contributed by atoms with Crippen LogP contribution in [0.4, 0.5) is 4.39 Å². The van der Waals surface area contributed by atoms with Gasteiger partial charge in [0.15, 0.2) is 5.11 Å². The van der Waals surface area contributed by atoms with E-state index in [2.05, 4.69) is 21.3 Å². The number of nitrogens with zero attached hydrogens (tertiary/aromatic N) is 3. The fraction of sp³-hybridized carbons (Fsp3) is 0.304. The zero-order valence-electron chi connectivity index (χ0n) is 16.7. The fourth-order valence-electron chi connectivity index (χ4n) is 4.44. The molecule has 2 aromatic heterocycles. The molecule has 0 saturated carbocycles. The van der Waals surface area contributed by atoms with Crippen molar-refractivity contribution < 1.29 is 9.13 Å². The minimum absolute atomic E-state index is 0.0923. The van der Waals surface area contributed by atoms with Gasteiger partial charge in [0.1, 0.15) is 5.82 Å². The number of hydrogen-bond acceptors (Lipinski definition) is 3. The number of aromatic nitrogens is 2. The monoisotopic (exact) mass is 456 g/mol. The van der Waals surface area contributed by atoms with Gasteiger partial charge in [0.25, 0.3) is 0 Å². The van der Waals surface area contributed by atoms with Gasteiger partial charge in [-0.1, -0.05) is 17.7 Å². The lowest BCUT2D eigenvalue weighted by molar-refractivity contribution is 0.0836. The van der Waals surface area contributed by atoms with Crippen LogP contribution in [0.2, 0.25) is 5.02 Å². The van der Waals surface area contributed by atoms with Crippen molar-refractivity contribution in [3.8, 4) is 5.69 Å². The molecule has 31 heavy (non-hydrogen) atoms. The Bertz CT molecular complexity index is 1090.